The predicted octanol–water partition coefficient (Wildman–Crippen LogP) is 2.81. The zero-order valence-corrected chi connectivity index (χ0v) is 10.4. The molecule has 2 aliphatic carbocycles. The van der Waals surface area contributed by atoms with Gasteiger partial charge in [-0.1, -0.05) is 6.92 Å². The average molecular weight is 222 g/mol. The minimum atomic E-state index is 0.117. The Hall–Kier alpha value is -0.370. The van der Waals surface area contributed by atoms with E-state index in [9.17, 15) is 4.79 Å². The van der Waals surface area contributed by atoms with Crippen LogP contribution in [0.25, 0.3) is 0 Å². The van der Waals surface area contributed by atoms with Gasteiger partial charge < -0.3 is 4.74 Å². The van der Waals surface area contributed by atoms with Crippen LogP contribution in [-0.2, 0) is 9.53 Å². The number of carbonyl (C=O) groups is 1. The van der Waals surface area contributed by atoms with Crippen LogP contribution in [0.3, 0.4) is 0 Å². The van der Waals surface area contributed by atoms with Gasteiger partial charge in [0.2, 0.25) is 0 Å². The molecule has 0 amide bonds. The second-order valence-electron chi connectivity index (χ2n) is 6.30. The van der Waals surface area contributed by atoms with Gasteiger partial charge in [0.25, 0.3) is 0 Å². The monoisotopic (exact) mass is 222 g/mol. The van der Waals surface area contributed by atoms with Crippen LogP contribution in [0.15, 0.2) is 0 Å². The van der Waals surface area contributed by atoms with Crippen molar-refractivity contribution in [3.05, 3.63) is 0 Å². The van der Waals surface area contributed by atoms with Gasteiger partial charge in [-0.05, 0) is 50.4 Å². The Balaban J connectivity index is 1.89. The summed E-state index contributed by atoms with van der Waals surface area (Å²) in [7, 11) is 0. The summed E-state index contributed by atoms with van der Waals surface area (Å²) < 4.78 is 5.67. The SMILES string of the molecule is C[C@@H]1CC[C@H]2C(=O)CCC[C@@H]([C@]3(C)CO3)[C@H]12. The summed E-state index contributed by atoms with van der Waals surface area (Å²) in [5, 5.41) is 0. The van der Waals surface area contributed by atoms with Gasteiger partial charge in [-0.2, -0.15) is 0 Å². The quantitative estimate of drug-likeness (QED) is 0.638. The Kier molecular flexibility index (Phi) is 2.39. The van der Waals surface area contributed by atoms with Crippen LogP contribution in [0.1, 0.15) is 46.0 Å². The Bertz CT molecular complexity index is 306. The highest BCUT2D eigenvalue weighted by Gasteiger charge is 2.55. The van der Waals surface area contributed by atoms with E-state index in [0.717, 1.165) is 31.8 Å². The van der Waals surface area contributed by atoms with Gasteiger partial charge in [-0.3, -0.25) is 4.79 Å². The van der Waals surface area contributed by atoms with Crippen molar-refractivity contribution < 1.29 is 9.53 Å². The molecule has 5 atom stereocenters. The molecule has 1 saturated heterocycles. The molecule has 0 spiro atoms. The number of ketones is 1. The van der Waals surface area contributed by atoms with Crippen LogP contribution in [0.4, 0.5) is 0 Å². The van der Waals surface area contributed by atoms with Crippen molar-refractivity contribution in [2.24, 2.45) is 23.7 Å². The maximum absolute atomic E-state index is 12.1. The number of ether oxygens (including phenoxy) is 1. The Morgan fingerprint density at radius 2 is 2.06 bits per heavy atom. The second kappa shape index (κ2) is 3.56. The fourth-order valence-electron chi connectivity index (χ4n) is 4.19. The summed E-state index contributed by atoms with van der Waals surface area (Å²) in [4.78, 5) is 12.1. The molecule has 1 heterocycles. The van der Waals surface area contributed by atoms with E-state index in [-0.39, 0.29) is 5.60 Å². The van der Waals surface area contributed by atoms with Crippen LogP contribution in [0.5, 0.6) is 0 Å². The van der Waals surface area contributed by atoms with E-state index < -0.39 is 0 Å². The molecular weight excluding hydrogens is 200 g/mol. The van der Waals surface area contributed by atoms with Crippen LogP contribution in [0.2, 0.25) is 0 Å². The molecule has 0 aromatic carbocycles. The van der Waals surface area contributed by atoms with Crippen molar-refractivity contribution in [3.63, 3.8) is 0 Å². The van der Waals surface area contributed by atoms with Crippen LogP contribution in [-0.4, -0.2) is 18.0 Å². The molecule has 0 radical (unpaired) electrons. The second-order valence-corrected chi connectivity index (χ2v) is 6.30. The van der Waals surface area contributed by atoms with Crippen molar-refractivity contribution in [1.82, 2.24) is 0 Å². The third-order valence-electron chi connectivity index (χ3n) is 5.26. The fraction of sp³-hybridized carbons (Fsp3) is 0.929. The molecule has 0 aromatic rings. The largest absolute Gasteiger partial charge is 0.370 e. The average Bonchev–Trinajstić information content (AvgIpc) is 2.91. The van der Waals surface area contributed by atoms with E-state index >= 15 is 0 Å². The highest BCUT2D eigenvalue weighted by Crippen LogP contribution is 2.53. The number of fused-ring (bicyclic) bond motifs is 1. The number of rotatable bonds is 1. The first-order valence-electron chi connectivity index (χ1n) is 6.78. The topological polar surface area (TPSA) is 29.6 Å². The molecular formula is C14H22O2. The third kappa shape index (κ3) is 1.54. The third-order valence-corrected chi connectivity index (χ3v) is 5.26. The van der Waals surface area contributed by atoms with Crippen LogP contribution in [0, 0.1) is 23.7 Å². The van der Waals surface area contributed by atoms with E-state index in [1.807, 2.05) is 0 Å². The van der Waals surface area contributed by atoms with Crippen LogP contribution < -0.4 is 0 Å². The lowest BCUT2D eigenvalue weighted by Gasteiger charge is -2.31. The molecule has 3 fully saturated rings. The molecule has 3 rings (SSSR count). The Morgan fingerprint density at radius 1 is 1.31 bits per heavy atom. The van der Waals surface area contributed by atoms with E-state index in [1.54, 1.807) is 0 Å². The number of hydrogen-bond acceptors (Lipinski definition) is 2. The van der Waals surface area contributed by atoms with Crippen molar-refractivity contribution in [2.75, 3.05) is 6.61 Å². The lowest BCUT2D eigenvalue weighted by Crippen LogP contribution is -2.34. The zero-order valence-electron chi connectivity index (χ0n) is 10.4. The Morgan fingerprint density at radius 3 is 2.75 bits per heavy atom. The van der Waals surface area contributed by atoms with Crippen molar-refractivity contribution in [3.8, 4) is 0 Å². The number of carbonyl (C=O) groups excluding carboxylic acids is 1. The summed E-state index contributed by atoms with van der Waals surface area (Å²) in [5.74, 6) is 2.88. The maximum atomic E-state index is 12.1. The lowest BCUT2D eigenvalue weighted by molar-refractivity contribution is -0.124. The van der Waals surface area contributed by atoms with Crippen molar-refractivity contribution in [1.29, 1.82) is 0 Å². The number of hydrogen-bond donors (Lipinski definition) is 0. The molecule has 16 heavy (non-hydrogen) atoms. The maximum Gasteiger partial charge on any atom is 0.136 e. The summed E-state index contributed by atoms with van der Waals surface area (Å²) in [6, 6.07) is 0. The number of Topliss-reactive ketones (excluding diaryl/α,β-unsaturated/α-hetero) is 1. The van der Waals surface area contributed by atoms with Crippen LogP contribution >= 0.6 is 0 Å². The van der Waals surface area contributed by atoms with E-state index in [4.69, 9.17) is 4.74 Å². The minimum absolute atomic E-state index is 0.117. The first kappa shape index (κ1) is 10.8. The molecule has 90 valence electrons. The summed E-state index contributed by atoms with van der Waals surface area (Å²) in [6.07, 6.45) is 5.49. The highest BCUT2D eigenvalue weighted by molar-refractivity contribution is 5.82. The lowest BCUT2D eigenvalue weighted by atomic mass is 9.72. The molecule has 0 bridgehead atoms. The highest BCUT2D eigenvalue weighted by atomic mass is 16.6. The molecule has 2 nitrogen and oxygen atoms in total. The normalized spacial score (nSPS) is 52.2. The van der Waals surface area contributed by atoms with E-state index in [1.165, 1.54) is 12.8 Å². The smallest absolute Gasteiger partial charge is 0.136 e. The van der Waals surface area contributed by atoms with Crippen molar-refractivity contribution >= 4 is 5.78 Å². The molecule has 1 aliphatic heterocycles. The molecule has 0 N–H and O–H groups in total. The standard InChI is InChI=1S/C14H22O2/c1-9-6-7-10-12(15)5-3-4-11(13(9)10)14(2)8-16-14/h9-11,13H,3-8H2,1-2H3/t9-,10+,11-,13-,14+/m1/s1. The summed E-state index contributed by atoms with van der Waals surface area (Å²) >= 11 is 0. The van der Waals surface area contributed by atoms with E-state index in [0.29, 0.717) is 23.5 Å². The van der Waals surface area contributed by atoms with Gasteiger partial charge in [-0.15, -0.1) is 0 Å². The molecule has 3 aliphatic rings. The predicted molar refractivity (Wildman–Crippen MR) is 62.1 cm³/mol. The molecule has 0 unspecified atom stereocenters. The first-order chi connectivity index (χ1) is 7.62. The zero-order chi connectivity index (χ0) is 11.3. The molecule has 0 aromatic heterocycles. The minimum Gasteiger partial charge on any atom is -0.370 e. The number of epoxide rings is 1. The van der Waals surface area contributed by atoms with Gasteiger partial charge in [0.05, 0.1) is 12.2 Å². The van der Waals surface area contributed by atoms with Gasteiger partial charge in [-0.25, -0.2) is 0 Å². The van der Waals surface area contributed by atoms with Crippen molar-refractivity contribution in [2.45, 2.75) is 51.6 Å². The van der Waals surface area contributed by atoms with Gasteiger partial charge in [0.15, 0.2) is 0 Å². The van der Waals surface area contributed by atoms with Gasteiger partial charge in [0.1, 0.15) is 5.78 Å². The van der Waals surface area contributed by atoms with Gasteiger partial charge >= 0.3 is 0 Å². The summed E-state index contributed by atoms with van der Waals surface area (Å²) in [6.45, 7) is 5.50. The van der Waals surface area contributed by atoms with E-state index in [2.05, 4.69) is 13.8 Å². The molecule has 2 saturated carbocycles. The summed E-state index contributed by atoms with van der Waals surface area (Å²) in [5.41, 5.74) is 0.117. The fourth-order valence-corrected chi connectivity index (χ4v) is 4.19. The first-order valence-corrected chi connectivity index (χ1v) is 6.78. The molecule has 2 heteroatoms. The Labute approximate surface area is 97.7 Å². The van der Waals surface area contributed by atoms with Gasteiger partial charge in [0, 0.05) is 12.3 Å².